The molecule has 17 heavy (non-hydrogen) atoms. The smallest absolute Gasteiger partial charge is 0 e. The maximum absolute atomic E-state index is 7.50. The van der Waals surface area contributed by atoms with Crippen molar-refractivity contribution in [1.82, 2.24) is 0 Å². The van der Waals surface area contributed by atoms with E-state index in [4.69, 9.17) is 14.0 Å². The van der Waals surface area contributed by atoms with Crippen molar-refractivity contribution < 1.29 is 31.3 Å². The van der Waals surface area contributed by atoms with Gasteiger partial charge in [-0.05, 0) is 49.9 Å². The van der Waals surface area contributed by atoms with Crippen LogP contribution in [0.2, 0.25) is 0 Å². The van der Waals surface area contributed by atoms with Gasteiger partial charge in [0, 0.05) is 17.4 Å². The minimum atomic E-state index is 0. The fraction of sp³-hybridized carbons (Fsp3) is 0.308. The summed E-state index contributed by atoms with van der Waals surface area (Å²) in [4.78, 5) is 0. The molecule has 0 fully saturated rings. The average molecular weight is 270 g/mol. The van der Waals surface area contributed by atoms with Crippen molar-refractivity contribution in [3.8, 4) is 0 Å². The predicted molar refractivity (Wildman–Crippen MR) is 57.2 cm³/mol. The van der Waals surface area contributed by atoms with Crippen molar-refractivity contribution in [1.29, 1.82) is 0 Å². The summed E-state index contributed by atoms with van der Waals surface area (Å²) in [5.74, 6) is 0. The van der Waals surface area contributed by atoms with E-state index in [0.717, 1.165) is 0 Å². The van der Waals surface area contributed by atoms with Crippen molar-refractivity contribution >= 4 is 0 Å². The van der Waals surface area contributed by atoms with Gasteiger partial charge in [0.2, 0.25) is 0 Å². The van der Waals surface area contributed by atoms with E-state index in [1.807, 2.05) is 0 Å². The van der Waals surface area contributed by atoms with Gasteiger partial charge < -0.3 is 0 Å². The number of rotatable bonds is 0. The zero-order valence-corrected chi connectivity index (χ0v) is 11.6. The second-order valence-corrected chi connectivity index (χ2v) is 3.02. The fourth-order valence-electron chi connectivity index (χ4n) is 1.10. The van der Waals surface area contributed by atoms with Crippen LogP contribution in [-0.2, 0) is 31.3 Å². The molecule has 0 spiro atoms. The van der Waals surface area contributed by atoms with E-state index in [-0.39, 0.29) is 17.4 Å². The van der Waals surface area contributed by atoms with Gasteiger partial charge in [0.25, 0.3) is 0 Å². The SMILES string of the molecule is Cc1cc(C)c(C)cc1C.[C-]#[O+].[C-]#[O+].[C-]#[O+].[Cr]. The van der Waals surface area contributed by atoms with Crippen molar-refractivity contribution in [2.45, 2.75) is 27.7 Å². The van der Waals surface area contributed by atoms with Gasteiger partial charge in [-0.1, -0.05) is 12.1 Å². The first-order valence-electron chi connectivity index (χ1n) is 4.27. The Kier molecular flexibility index (Phi) is 25.5. The van der Waals surface area contributed by atoms with Gasteiger partial charge in [0.1, 0.15) is 0 Å². The Balaban J connectivity index is -0.000000106. The van der Waals surface area contributed by atoms with Gasteiger partial charge in [-0.25, -0.2) is 0 Å². The summed E-state index contributed by atoms with van der Waals surface area (Å²) < 4.78 is 22.5. The summed E-state index contributed by atoms with van der Waals surface area (Å²) in [5, 5.41) is 0. The van der Waals surface area contributed by atoms with E-state index in [0.29, 0.717) is 0 Å². The second-order valence-electron chi connectivity index (χ2n) is 3.02. The van der Waals surface area contributed by atoms with Crippen LogP contribution < -0.4 is 0 Å². The Morgan fingerprint density at radius 3 is 0.824 bits per heavy atom. The molecule has 0 amide bonds. The van der Waals surface area contributed by atoms with E-state index in [2.05, 4.69) is 59.8 Å². The topological polar surface area (TPSA) is 59.7 Å². The molecule has 0 N–H and O–H groups in total. The summed E-state index contributed by atoms with van der Waals surface area (Å²) in [7, 11) is 0. The Morgan fingerprint density at radius 1 is 0.588 bits per heavy atom. The predicted octanol–water partition coefficient (Wildman–Crippen LogP) is 2.81. The molecular weight excluding hydrogens is 256 g/mol. The summed E-state index contributed by atoms with van der Waals surface area (Å²) in [6.45, 7) is 22.1. The quantitative estimate of drug-likeness (QED) is 0.514. The minimum absolute atomic E-state index is 0. The van der Waals surface area contributed by atoms with Crippen LogP contribution in [0.5, 0.6) is 0 Å². The average Bonchev–Trinajstić information content (AvgIpc) is 2.34. The molecule has 0 bridgehead atoms. The number of benzene rings is 1. The molecular formula is C13H14CrO3. The van der Waals surface area contributed by atoms with Crippen molar-refractivity contribution in [3.63, 3.8) is 0 Å². The molecule has 0 aromatic heterocycles. The first-order chi connectivity index (χ1) is 7.61. The maximum atomic E-state index is 7.50. The Bertz CT molecular complexity index is 300. The third kappa shape index (κ3) is 11.2. The number of hydrogen-bond donors (Lipinski definition) is 0. The summed E-state index contributed by atoms with van der Waals surface area (Å²) in [5.41, 5.74) is 5.57. The molecule has 0 saturated heterocycles. The van der Waals surface area contributed by atoms with E-state index < -0.39 is 0 Å². The summed E-state index contributed by atoms with van der Waals surface area (Å²) >= 11 is 0. The zero-order valence-electron chi connectivity index (χ0n) is 10.3. The molecule has 90 valence electrons. The third-order valence-electron chi connectivity index (χ3n) is 2.11. The zero-order chi connectivity index (χ0) is 13.7. The molecule has 1 aromatic rings. The largest absolute Gasteiger partial charge is 0 e. The minimum Gasteiger partial charge on any atom is 0 e. The summed E-state index contributed by atoms with van der Waals surface area (Å²) in [6, 6.07) is 4.48. The van der Waals surface area contributed by atoms with Crippen molar-refractivity contribution in [3.05, 3.63) is 54.3 Å². The van der Waals surface area contributed by atoms with E-state index >= 15 is 0 Å². The van der Waals surface area contributed by atoms with E-state index in [1.54, 1.807) is 0 Å². The van der Waals surface area contributed by atoms with Crippen LogP contribution >= 0.6 is 0 Å². The monoisotopic (exact) mass is 270 g/mol. The third-order valence-corrected chi connectivity index (χ3v) is 2.11. The van der Waals surface area contributed by atoms with Crippen molar-refractivity contribution in [2.24, 2.45) is 0 Å². The molecule has 0 radical (unpaired) electrons. The van der Waals surface area contributed by atoms with Gasteiger partial charge in [-0.3, -0.25) is 0 Å². The standard InChI is InChI=1S/C10H14.3CO.Cr/c1-7-5-9(3)10(4)6-8(7)2;3*1-2;/h5-6H,1-4H3;;;;. The van der Waals surface area contributed by atoms with Crippen LogP contribution in [0.15, 0.2) is 12.1 Å². The van der Waals surface area contributed by atoms with Crippen LogP contribution in [0.1, 0.15) is 22.3 Å². The van der Waals surface area contributed by atoms with Gasteiger partial charge >= 0.3 is 33.9 Å². The van der Waals surface area contributed by atoms with Gasteiger partial charge in [-0.2, -0.15) is 0 Å². The number of hydrogen-bond acceptors (Lipinski definition) is 0. The van der Waals surface area contributed by atoms with Gasteiger partial charge in [-0.15, -0.1) is 0 Å². The molecule has 4 heteroatoms. The van der Waals surface area contributed by atoms with Crippen LogP contribution in [0, 0.1) is 47.6 Å². The molecule has 3 nitrogen and oxygen atoms in total. The molecule has 0 unspecified atom stereocenters. The van der Waals surface area contributed by atoms with Crippen LogP contribution in [0.4, 0.5) is 0 Å². The second kappa shape index (κ2) is 17.4. The number of aryl methyl sites for hydroxylation is 4. The Morgan fingerprint density at radius 2 is 0.706 bits per heavy atom. The molecule has 0 atom stereocenters. The van der Waals surface area contributed by atoms with E-state index in [9.17, 15) is 0 Å². The maximum Gasteiger partial charge on any atom is 0 e. The fourth-order valence-corrected chi connectivity index (χ4v) is 1.10. The molecule has 0 aliphatic heterocycles. The van der Waals surface area contributed by atoms with Crippen LogP contribution in [0.3, 0.4) is 0 Å². The van der Waals surface area contributed by atoms with Crippen LogP contribution in [0.25, 0.3) is 0 Å². The molecule has 1 aromatic carbocycles. The van der Waals surface area contributed by atoms with Crippen LogP contribution in [-0.4, -0.2) is 0 Å². The Hall–Kier alpha value is -1.03. The van der Waals surface area contributed by atoms with E-state index in [1.165, 1.54) is 22.3 Å². The summed E-state index contributed by atoms with van der Waals surface area (Å²) in [6.07, 6.45) is 0. The molecule has 0 heterocycles. The first-order valence-corrected chi connectivity index (χ1v) is 4.27. The molecule has 0 aliphatic carbocycles. The molecule has 1 rings (SSSR count). The van der Waals surface area contributed by atoms with Gasteiger partial charge in [0.15, 0.2) is 0 Å². The van der Waals surface area contributed by atoms with Gasteiger partial charge in [0.05, 0.1) is 0 Å². The van der Waals surface area contributed by atoms with Crippen molar-refractivity contribution in [2.75, 3.05) is 0 Å². The first kappa shape index (κ1) is 25.0. The molecule has 0 saturated carbocycles. The Labute approximate surface area is 114 Å². The normalized spacial score (nSPS) is 6.24. The molecule has 0 aliphatic rings.